The summed E-state index contributed by atoms with van der Waals surface area (Å²) in [6.45, 7) is 6.71. The van der Waals surface area contributed by atoms with Crippen molar-refractivity contribution in [3.8, 4) is 0 Å². The van der Waals surface area contributed by atoms with Crippen molar-refractivity contribution in [3.05, 3.63) is 30.3 Å². The van der Waals surface area contributed by atoms with Crippen molar-refractivity contribution < 1.29 is 45.8 Å². The van der Waals surface area contributed by atoms with Crippen LogP contribution in [0.1, 0.15) is 25.7 Å². The Kier molecular flexibility index (Phi) is 24.4. The molecule has 0 spiro atoms. The quantitative estimate of drug-likeness (QED) is 0.0790. The van der Waals surface area contributed by atoms with Crippen molar-refractivity contribution in [2.75, 3.05) is 105 Å². The lowest BCUT2D eigenvalue weighted by Gasteiger charge is -2.09. The molecule has 0 aromatic heterocycles. The van der Waals surface area contributed by atoms with Crippen LogP contribution >= 0.6 is 11.6 Å². The normalized spacial score (nSPS) is 11.8. The minimum Gasteiger partial charge on any atom is -0.379 e. The number of alkyl halides is 1. The fraction of sp³-hybridized carbons (Fsp3) is 0.769. The fourth-order valence-electron chi connectivity index (χ4n) is 2.93. The van der Waals surface area contributed by atoms with Gasteiger partial charge < -0.3 is 33.2 Å². The molecule has 38 heavy (non-hydrogen) atoms. The molecular formula is C26H45ClO10S. The molecule has 0 heterocycles. The van der Waals surface area contributed by atoms with Crippen LogP contribution in [0.2, 0.25) is 0 Å². The molecule has 0 aliphatic rings. The predicted octanol–water partition coefficient (Wildman–Crippen LogP) is 3.31. The molecule has 0 N–H and O–H groups in total. The van der Waals surface area contributed by atoms with E-state index in [1.54, 1.807) is 18.2 Å². The highest BCUT2D eigenvalue weighted by atomic mass is 35.5. The lowest BCUT2D eigenvalue weighted by molar-refractivity contribution is -0.0212. The van der Waals surface area contributed by atoms with Gasteiger partial charge >= 0.3 is 0 Å². The van der Waals surface area contributed by atoms with Gasteiger partial charge in [0, 0.05) is 12.5 Å². The lowest BCUT2D eigenvalue weighted by atomic mass is 10.2. The first-order valence-electron chi connectivity index (χ1n) is 13.2. The average Bonchev–Trinajstić information content (AvgIpc) is 2.93. The molecule has 0 atom stereocenters. The number of unbranched alkanes of at least 4 members (excludes halogenated alkanes) is 3. The Balaban J connectivity index is 1.70. The molecule has 1 aromatic rings. The Bertz CT molecular complexity index is 724. The highest BCUT2D eigenvalue weighted by Crippen LogP contribution is 2.10. The van der Waals surface area contributed by atoms with E-state index in [0.29, 0.717) is 79.3 Å². The van der Waals surface area contributed by atoms with Gasteiger partial charge in [0.1, 0.15) is 0 Å². The Morgan fingerprint density at radius 2 is 0.842 bits per heavy atom. The van der Waals surface area contributed by atoms with Crippen molar-refractivity contribution in [3.63, 3.8) is 0 Å². The third-order valence-corrected chi connectivity index (χ3v) is 6.50. The highest BCUT2D eigenvalue weighted by molar-refractivity contribution is 7.86. The van der Waals surface area contributed by atoms with Gasteiger partial charge in [-0.25, -0.2) is 0 Å². The summed E-state index contributed by atoms with van der Waals surface area (Å²) >= 11 is 5.64. The lowest BCUT2D eigenvalue weighted by Crippen LogP contribution is -2.15. The summed E-state index contributed by atoms with van der Waals surface area (Å²) in [5.41, 5.74) is 0. The molecule has 0 saturated carbocycles. The second-order valence-electron chi connectivity index (χ2n) is 7.98. The van der Waals surface area contributed by atoms with Crippen LogP contribution < -0.4 is 0 Å². The first kappa shape index (κ1) is 35.2. The van der Waals surface area contributed by atoms with Crippen LogP contribution in [0.5, 0.6) is 0 Å². The summed E-state index contributed by atoms with van der Waals surface area (Å²) in [6.07, 6.45) is 4.47. The third kappa shape index (κ3) is 22.0. The van der Waals surface area contributed by atoms with Crippen molar-refractivity contribution in [2.45, 2.75) is 30.6 Å². The van der Waals surface area contributed by atoms with E-state index >= 15 is 0 Å². The van der Waals surface area contributed by atoms with Gasteiger partial charge in [-0.3, -0.25) is 4.18 Å². The van der Waals surface area contributed by atoms with E-state index in [-0.39, 0.29) is 18.1 Å². The van der Waals surface area contributed by atoms with E-state index in [1.807, 2.05) is 0 Å². The molecular weight excluding hydrogens is 540 g/mol. The Morgan fingerprint density at radius 1 is 0.474 bits per heavy atom. The summed E-state index contributed by atoms with van der Waals surface area (Å²) in [6, 6.07) is 7.99. The van der Waals surface area contributed by atoms with Gasteiger partial charge in [0.2, 0.25) is 0 Å². The van der Waals surface area contributed by atoms with Crippen molar-refractivity contribution in [2.24, 2.45) is 0 Å². The SMILES string of the molecule is O=S(=O)(OCCOCCOCCOCCOCCOCCOCCOCCCCCCCl)c1ccccc1. The predicted molar refractivity (Wildman–Crippen MR) is 145 cm³/mol. The largest absolute Gasteiger partial charge is 0.379 e. The maximum Gasteiger partial charge on any atom is 0.297 e. The third-order valence-electron chi connectivity index (χ3n) is 4.90. The summed E-state index contributed by atoms with van der Waals surface area (Å²) in [5, 5.41) is 0. The molecule has 1 aromatic carbocycles. The van der Waals surface area contributed by atoms with Gasteiger partial charge in [-0.05, 0) is 25.0 Å². The molecule has 0 fully saturated rings. The molecule has 10 nitrogen and oxygen atoms in total. The van der Waals surface area contributed by atoms with Gasteiger partial charge in [0.15, 0.2) is 0 Å². The van der Waals surface area contributed by atoms with E-state index < -0.39 is 10.1 Å². The zero-order valence-electron chi connectivity index (χ0n) is 22.4. The molecule has 222 valence electrons. The summed E-state index contributed by atoms with van der Waals surface area (Å²) in [5.74, 6) is 0.737. The zero-order chi connectivity index (χ0) is 27.4. The number of ether oxygens (including phenoxy) is 7. The summed E-state index contributed by atoms with van der Waals surface area (Å²) < 4.78 is 66.8. The number of hydrogen-bond acceptors (Lipinski definition) is 10. The smallest absolute Gasteiger partial charge is 0.297 e. The second-order valence-corrected chi connectivity index (χ2v) is 9.97. The molecule has 1 rings (SSSR count). The molecule has 0 unspecified atom stereocenters. The van der Waals surface area contributed by atoms with Gasteiger partial charge in [0.05, 0.1) is 97.4 Å². The number of benzene rings is 1. The second kappa shape index (κ2) is 26.4. The molecule has 12 heteroatoms. The van der Waals surface area contributed by atoms with E-state index in [0.717, 1.165) is 38.2 Å². The van der Waals surface area contributed by atoms with Crippen LogP contribution in [0.25, 0.3) is 0 Å². The van der Waals surface area contributed by atoms with Crippen LogP contribution in [-0.4, -0.2) is 113 Å². The minimum atomic E-state index is -3.75. The Labute approximate surface area is 233 Å². The molecule has 0 bridgehead atoms. The Morgan fingerprint density at radius 3 is 1.26 bits per heavy atom. The molecule has 0 aliphatic carbocycles. The summed E-state index contributed by atoms with van der Waals surface area (Å²) in [4.78, 5) is 0.126. The molecule has 0 amide bonds. The topological polar surface area (TPSA) is 108 Å². The molecule has 0 radical (unpaired) electrons. The average molecular weight is 585 g/mol. The van der Waals surface area contributed by atoms with Gasteiger partial charge in [-0.15, -0.1) is 11.6 Å². The van der Waals surface area contributed by atoms with Crippen LogP contribution in [0.4, 0.5) is 0 Å². The van der Waals surface area contributed by atoms with Gasteiger partial charge in [-0.1, -0.05) is 31.0 Å². The maximum atomic E-state index is 11.9. The first-order valence-corrected chi connectivity index (χ1v) is 15.2. The van der Waals surface area contributed by atoms with Gasteiger partial charge in [-0.2, -0.15) is 8.42 Å². The Hall–Kier alpha value is -0.860. The summed E-state index contributed by atoms with van der Waals surface area (Å²) in [7, 11) is -3.75. The van der Waals surface area contributed by atoms with Crippen LogP contribution in [0.15, 0.2) is 35.2 Å². The van der Waals surface area contributed by atoms with E-state index in [9.17, 15) is 8.42 Å². The monoisotopic (exact) mass is 584 g/mol. The maximum absolute atomic E-state index is 11.9. The minimum absolute atomic E-state index is 0.0504. The van der Waals surface area contributed by atoms with Gasteiger partial charge in [0.25, 0.3) is 10.1 Å². The fourth-order valence-corrected chi connectivity index (χ4v) is 4.03. The van der Waals surface area contributed by atoms with Crippen molar-refractivity contribution >= 4 is 21.7 Å². The van der Waals surface area contributed by atoms with Crippen LogP contribution in [-0.2, 0) is 47.5 Å². The van der Waals surface area contributed by atoms with E-state index in [2.05, 4.69) is 0 Å². The zero-order valence-corrected chi connectivity index (χ0v) is 24.0. The van der Waals surface area contributed by atoms with Crippen molar-refractivity contribution in [1.29, 1.82) is 0 Å². The number of halogens is 1. The number of rotatable bonds is 29. The molecule has 0 saturated heterocycles. The van der Waals surface area contributed by atoms with E-state index in [1.165, 1.54) is 12.1 Å². The number of hydrogen-bond donors (Lipinski definition) is 0. The van der Waals surface area contributed by atoms with Crippen molar-refractivity contribution in [1.82, 2.24) is 0 Å². The van der Waals surface area contributed by atoms with E-state index in [4.69, 9.17) is 48.9 Å². The van der Waals surface area contributed by atoms with Crippen LogP contribution in [0, 0.1) is 0 Å². The first-order chi connectivity index (χ1) is 18.7. The van der Waals surface area contributed by atoms with Crippen LogP contribution in [0.3, 0.4) is 0 Å². The molecule has 0 aliphatic heterocycles. The standard InChI is InChI=1S/C26H45ClO10S/c27-10-6-1-2-7-11-30-12-13-31-14-15-32-16-17-33-18-19-34-20-21-35-22-23-36-24-25-37-38(28,29)26-8-4-3-5-9-26/h3-5,8-9H,1-2,6-7,10-25H2. The highest BCUT2D eigenvalue weighted by Gasteiger charge is 2.13.